The average molecular weight is 488 g/mol. The number of carbonyl (C=O) groups excluding carboxylic acids is 2. The average Bonchev–Trinajstić information content (AvgIpc) is 3.43. The number of aliphatic hydroxyl groups is 1. The molecule has 186 valence electrons. The fraction of sp³-hybridized carbons (Fsp3) is 0.333. The van der Waals surface area contributed by atoms with E-state index in [1.165, 1.54) is 0 Å². The maximum Gasteiger partial charge on any atom is 0.254 e. The van der Waals surface area contributed by atoms with Crippen LogP contribution in [-0.2, 0) is 16.1 Å². The van der Waals surface area contributed by atoms with Gasteiger partial charge in [0.25, 0.3) is 5.91 Å². The van der Waals surface area contributed by atoms with Crippen LogP contribution in [0.5, 0.6) is 0 Å². The van der Waals surface area contributed by atoms with Crippen molar-refractivity contribution in [3.8, 4) is 22.6 Å². The minimum Gasteiger partial charge on any atom is -0.392 e. The number of amides is 2. The van der Waals surface area contributed by atoms with Crippen molar-refractivity contribution in [3.63, 3.8) is 0 Å². The lowest BCUT2D eigenvalue weighted by Gasteiger charge is -2.28. The second kappa shape index (κ2) is 10.4. The number of hydrogen-bond acceptors (Lipinski definition) is 7. The van der Waals surface area contributed by atoms with Crippen molar-refractivity contribution in [2.24, 2.45) is 5.73 Å². The van der Waals surface area contributed by atoms with Crippen molar-refractivity contribution in [3.05, 3.63) is 65.7 Å². The van der Waals surface area contributed by atoms with Gasteiger partial charge in [-0.1, -0.05) is 30.3 Å². The summed E-state index contributed by atoms with van der Waals surface area (Å²) in [4.78, 5) is 38.5. The summed E-state index contributed by atoms with van der Waals surface area (Å²) in [6, 6.07) is 16.1. The normalized spacial score (nSPS) is 17.9. The van der Waals surface area contributed by atoms with Crippen molar-refractivity contribution in [1.29, 1.82) is 0 Å². The molecule has 2 amide bonds. The number of aromatic nitrogens is 2. The standard InChI is InChI=1S/C27H29N5O4/c28-25(34)23-8-3-9-32(23)27(35)21-7-2-5-19(15-21)22-16-24(31-10-12-36-13-11-31)30-26(29-22)20-6-1-4-18(14-20)17-33/h1-2,4-7,14-16,23,33H,3,8-13,17H2,(H2,28,34)/t23-/m1/s1. The van der Waals surface area contributed by atoms with E-state index in [1.54, 1.807) is 17.0 Å². The van der Waals surface area contributed by atoms with Crippen molar-refractivity contribution in [1.82, 2.24) is 14.9 Å². The SMILES string of the molecule is NC(=O)[C@H]1CCCN1C(=O)c1cccc(-c2cc(N3CCOCC3)nc(-c3cccc(CO)c3)n2)c1. The molecule has 2 aliphatic heterocycles. The molecule has 0 saturated carbocycles. The van der Waals surface area contributed by atoms with Gasteiger partial charge in [-0.3, -0.25) is 9.59 Å². The number of morpholine rings is 1. The molecule has 0 radical (unpaired) electrons. The zero-order valence-corrected chi connectivity index (χ0v) is 20.0. The molecule has 0 spiro atoms. The molecule has 5 rings (SSSR count). The second-order valence-electron chi connectivity index (χ2n) is 9.03. The van der Waals surface area contributed by atoms with Crippen molar-refractivity contribution >= 4 is 17.6 Å². The molecule has 9 nitrogen and oxygen atoms in total. The van der Waals surface area contributed by atoms with Crippen LogP contribution in [0.4, 0.5) is 5.82 Å². The number of likely N-dealkylation sites (tertiary alicyclic amines) is 1. The summed E-state index contributed by atoms with van der Waals surface area (Å²) in [6.45, 7) is 3.11. The quantitative estimate of drug-likeness (QED) is 0.547. The van der Waals surface area contributed by atoms with Gasteiger partial charge in [-0.15, -0.1) is 0 Å². The van der Waals surface area contributed by atoms with E-state index in [9.17, 15) is 14.7 Å². The molecule has 0 aliphatic carbocycles. The van der Waals surface area contributed by atoms with Gasteiger partial charge < -0.3 is 25.4 Å². The van der Waals surface area contributed by atoms with Crippen LogP contribution in [0.1, 0.15) is 28.8 Å². The number of ether oxygens (including phenoxy) is 1. The lowest BCUT2D eigenvalue weighted by atomic mass is 10.1. The molecule has 3 heterocycles. The molecule has 3 N–H and O–H groups in total. The van der Waals surface area contributed by atoms with Gasteiger partial charge in [0.05, 0.1) is 25.5 Å². The van der Waals surface area contributed by atoms with Gasteiger partial charge in [0.15, 0.2) is 5.82 Å². The zero-order valence-electron chi connectivity index (χ0n) is 20.0. The van der Waals surface area contributed by atoms with E-state index in [4.69, 9.17) is 20.4 Å². The first-order valence-electron chi connectivity index (χ1n) is 12.2. The molecule has 0 bridgehead atoms. The highest BCUT2D eigenvalue weighted by Gasteiger charge is 2.33. The van der Waals surface area contributed by atoms with Gasteiger partial charge in [0, 0.05) is 42.4 Å². The van der Waals surface area contributed by atoms with E-state index in [0.717, 1.165) is 28.9 Å². The number of benzene rings is 2. The number of nitrogens with zero attached hydrogens (tertiary/aromatic N) is 4. The summed E-state index contributed by atoms with van der Waals surface area (Å²) in [7, 11) is 0. The highest BCUT2D eigenvalue weighted by Crippen LogP contribution is 2.29. The summed E-state index contributed by atoms with van der Waals surface area (Å²) in [5, 5.41) is 9.60. The molecular weight excluding hydrogens is 458 g/mol. The third-order valence-electron chi connectivity index (χ3n) is 6.66. The minimum atomic E-state index is -0.571. The Kier molecular flexibility index (Phi) is 6.92. The Labute approximate surface area is 209 Å². The van der Waals surface area contributed by atoms with Crippen LogP contribution in [0.15, 0.2) is 54.6 Å². The highest BCUT2D eigenvalue weighted by molar-refractivity contribution is 5.98. The van der Waals surface area contributed by atoms with Crippen LogP contribution >= 0.6 is 0 Å². The number of rotatable bonds is 6. The van der Waals surface area contributed by atoms with Crippen LogP contribution in [0, 0.1) is 0 Å². The van der Waals surface area contributed by atoms with Crippen molar-refractivity contribution < 1.29 is 19.4 Å². The number of nitrogens with two attached hydrogens (primary N) is 1. The number of aliphatic hydroxyl groups excluding tert-OH is 1. The number of hydrogen-bond donors (Lipinski definition) is 2. The summed E-state index contributed by atoms with van der Waals surface area (Å²) in [6.07, 6.45) is 1.34. The Hall–Kier alpha value is -3.82. The number of primary amides is 1. The van der Waals surface area contributed by atoms with Gasteiger partial charge in [-0.25, -0.2) is 9.97 Å². The first kappa shape index (κ1) is 23.9. The Morgan fingerprint density at radius 2 is 1.78 bits per heavy atom. The van der Waals surface area contributed by atoms with Gasteiger partial charge in [0.2, 0.25) is 5.91 Å². The minimum absolute atomic E-state index is 0.0726. The second-order valence-corrected chi connectivity index (χ2v) is 9.03. The zero-order chi connectivity index (χ0) is 25.1. The lowest BCUT2D eigenvalue weighted by molar-refractivity contribution is -0.121. The van der Waals surface area contributed by atoms with Crippen LogP contribution in [0.2, 0.25) is 0 Å². The van der Waals surface area contributed by atoms with Gasteiger partial charge >= 0.3 is 0 Å². The Balaban J connectivity index is 1.54. The number of carbonyl (C=O) groups is 2. The van der Waals surface area contributed by atoms with Crippen molar-refractivity contribution in [2.75, 3.05) is 37.7 Å². The maximum atomic E-state index is 13.3. The molecule has 9 heteroatoms. The van der Waals surface area contributed by atoms with Crippen LogP contribution < -0.4 is 10.6 Å². The molecule has 0 unspecified atom stereocenters. The first-order chi connectivity index (χ1) is 17.5. The van der Waals surface area contributed by atoms with Gasteiger partial charge in [-0.2, -0.15) is 0 Å². The Morgan fingerprint density at radius 3 is 2.56 bits per heavy atom. The molecule has 2 fully saturated rings. The summed E-state index contributed by atoms with van der Waals surface area (Å²) in [5.74, 6) is 0.626. The predicted molar refractivity (Wildman–Crippen MR) is 135 cm³/mol. The number of anilines is 1. The molecular formula is C27H29N5O4. The molecule has 2 saturated heterocycles. The molecule has 3 aromatic rings. The van der Waals surface area contributed by atoms with Crippen molar-refractivity contribution in [2.45, 2.75) is 25.5 Å². The molecule has 2 aliphatic rings. The van der Waals surface area contributed by atoms with E-state index in [-0.39, 0.29) is 12.5 Å². The topological polar surface area (TPSA) is 122 Å². The fourth-order valence-electron chi connectivity index (χ4n) is 4.76. The van der Waals surface area contributed by atoms with E-state index < -0.39 is 11.9 Å². The van der Waals surface area contributed by atoms with E-state index in [0.29, 0.717) is 56.4 Å². The highest BCUT2D eigenvalue weighted by atomic mass is 16.5. The summed E-state index contributed by atoms with van der Waals surface area (Å²) < 4.78 is 5.51. The van der Waals surface area contributed by atoms with Crippen LogP contribution in [0.3, 0.4) is 0 Å². The summed E-state index contributed by atoms with van der Waals surface area (Å²) >= 11 is 0. The maximum absolute atomic E-state index is 13.3. The van der Waals surface area contributed by atoms with Gasteiger partial charge in [0.1, 0.15) is 11.9 Å². The first-order valence-corrected chi connectivity index (χ1v) is 12.2. The molecule has 36 heavy (non-hydrogen) atoms. The van der Waals surface area contributed by atoms with E-state index >= 15 is 0 Å². The lowest BCUT2D eigenvalue weighted by Crippen LogP contribution is -2.43. The van der Waals surface area contributed by atoms with E-state index in [1.807, 2.05) is 42.5 Å². The predicted octanol–water partition coefficient (Wildman–Crippen LogP) is 2.23. The fourth-order valence-corrected chi connectivity index (χ4v) is 4.76. The molecule has 1 atom stereocenters. The monoisotopic (exact) mass is 487 g/mol. The Morgan fingerprint density at radius 1 is 1.00 bits per heavy atom. The largest absolute Gasteiger partial charge is 0.392 e. The van der Waals surface area contributed by atoms with E-state index in [2.05, 4.69) is 4.90 Å². The third-order valence-corrected chi connectivity index (χ3v) is 6.66. The third kappa shape index (κ3) is 4.93. The van der Waals surface area contributed by atoms with Gasteiger partial charge in [-0.05, 0) is 36.6 Å². The smallest absolute Gasteiger partial charge is 0.254 e. The molecule has 2 aromatic carbocycles. The van der Waals surface area contributed by atoms with Crippen LogP contribution in [-0.4, -0.2) is 70.7 Å². The molecule has 1 aromatic heterocycles. The van der Waals surface area contributed by atoms with Crippen LogP contribution in [0.25, 0.3) is 22.6 Å². The Bertz CT molecular complexity index is 1270. The summed E-state index contributed by atoms with van der Waals surface area (Å²) in [5.41, 5.74) is 9.03.